The van der Waals surface area contributed by atoms with Crippen molar-refractivity contribution in [1.29, 1.82) is 0 Å². The van der Waals surface area contributed by atoms with Crippen LogP contribution in [-0.4, -0.2) is 12.5 Å². The minimum atomic E-state index is -0.0823. The number of amides is 1. The highest BCUT2D eigenvalue weighted by atomic mass is 16.1. The van der Waals surface area contributed by atoms with Crippen LogP contribution in [0.25, 0.3) is 0 Å². The maximum Gasteiger partial charge on any atom is 0.251 e. The molecule has 0 atom stereocenters. The van der Waals surface area contributed by atoms with Crippen LogP contribution in [0.5, 0.6) is 0 Å². The van der Waals surface area contributed by atoms with E-state index in [9.17, 15) is 4.79 Å². The van der Waals surface area contributed by atoms with E-state index in [1.807, 2.05) is 19.1 Å². The first-order valence-corrected chi connectivity index (χ1v) is 5.72. The van der Waals surface area contributed by atoms with E-state index >= 15 is 0 Å². The zero-order valence-corrected chi connectivity index (χ0v) is 10.1. The molecule has 3 N–H and O–H groups in total. The van der Waals surface area contributed by atoms with Crippen molar-refractivity contribution in [2.75, 3.05) is 12.3 Å². The van der Waals surface area contributed by atoms with Gasteiger partial charge in [-0.2, -0.15) is 0 Å². The number of hydrogen-bond donors (Lipinski definition) is 2. The Kier molecular flexibility index (Phi) is 5.09. The molecule has 0 aromatic heterocycles. The van der Waals surface area contributed by atoms with Crippen LogP contribution in [0.3, 0.4) is 0 Å². The Morgan fingerprint density at radius 2 is 2.18 bits per heavy atom. The number of anilines is 1. The van der Waals surface area contributed by atoms with Crippen molar-refractivity contribution >= 4 is 11.6 Å². The summed E-state index contributed by atoms with van der Waals surface area (Å²) < 4.78 is 0. The Hall–Kier alpha value is -1.95. The van der Waals surface area contributed by atoms with Crippen molar-refractivity contribution in [3.63, 3.8) is 0 Å². The van der Waals surface area contributed by atoms with E-state index in [1.165, 1.54) is 0 Å². The Labute approximate surface area is 102 Å². The van der Waals surface area contributed by atoms with Gasteiger partial charge in [-0.1, -0.05) is 0 Å². The smallest absolute Gasteiger partial charge is 0.251 e. The second kappa shape index (κ2) is 6.59. The van der Waals surface area contributed by atoms with Gasteiger partial charge in [0.1, 0.15) is 0 Å². The predicted octanol–water partition coefficient (Wildman–Crippen LogP) is 2.11. The zero-order valence-electron chi connectivity index (χ0n) is 10.1. The highest BCUT2D eigenvalue weighted by molar-refractivity contribution is 5.95. The molecule has 3 heteroatoms. The van der Waals surface area contributed by atoms with Gasteiger partial charge in [0.25, 0.3) is 5.91 Å². The summed E-state index contributed by atoms with van der Waals surface area (Å²) in [5.41, 5.74) is 7.90. The first-order chi connectivity index (χ1) is 8.13. The molecule has 1 aromatic rings. The van der Waals surface area contributed by atoms with E-state index in [1.54, 1.807) is 6.07 Å². The summed E-state index contributed by atoms with van der Waals surface area (Å²) in [6.45, 7) is 2.56. The summed E-state index contributed by atoms with van der Waals surface area (Å²) >= 11 is 0. The van der Waals surface area contributed by atoms with E-state index in [-0.39, 0.29) is 5.91 Å². The van der Waals surface area contributed by atoms with Crippen LogP contribution in [0.15, 0.2) is 18.2 Å². The van der Waals surface area contributed by atoms with E-state index < -0.39 is 0 Å². The monoisotopic (exact) mass is 230 g/mol. The lowest BCUT2D eigenvalue weighted by atomic mass is 10.1. The number of carbonyl (C=O) groups excluding carboxylic acids is 1. The summed E-state index contributed by atoms with van der Waals surface area (Å²) in [7, 11) is 0. The molecule has 0 bridgehead atoms. The molecule has 17 heavy (non-hydrogen) atoms. The number of unbranched alkanes of at least 4 members (excludes halogenated alkanes) is 2. The van der Waals surface area contributed by atoms with Crippen molar-refractivity contribution in [2.45, 2.75) is 26.2 Å². The summed E-state index contributed by atoms with van der Waals surface area (Å²) in [6.07, 6.45) is 7.74. The molecule has 0 saturated carbocycles. The molecular formula is C14H18N2O. The van der Waals surface area contributed by atoms with Gasteiger partial charge in [0.2, 0.25) is 0 Å². The van der Waals surface area contributed by atoms with Gasteiger partial charge in [0.05, 0.1) is 0 Å². The van der Waals surface area contributed by atoms with Gasteiger partial charge >= 0.3 is 0 Å². The molecule has 0 aliphatic rings. The zero-order chi connectivity index (χ0) is 12.7. The number of nitrogens with one attached hydrogen (secondary N) is 1. The molecule has 90 valence electrons. The molecule has 0 spiro atoms. The molecule has 0 unspecified atom stereocenters. The molecule has 0 saturated heterocycles. The minimum absolute atomic E-state index is 0.0823. The van der Waals surface area contributed by atoms with Crippen LogP contribution in [0.4, 0.5) is 5.69 Å². The van der Waals surface area contributed by atoms with Gasteiger partial charge in [-0.25, -0.2) is 0 Å². The molecular weight excluding hydrogens is 212 g/mol. The van der Waals surface area contributed by atoms with Crippen molar-refractivity contribution < 1.29 is 4.79 Å². The predicted molar refractivity (Wildman–Crippen MR) is 70.6 cm³/mol. The molecule has 1 rings (SSSR count). The lowest BCUT2D eigenvalue weighted by molar-refractivity contribution is 0.0953. The van der Waals surface area contributed by atoms with Crippen molar-refractivity contribution in [2.24, 2.45) is 0 Å². The molecule has 1 amide bonds. The van der Waals surface area contributed by atoms with E-state index in [2.05, 4.69) is 11.2 Å². The summed E-state index contributed by atoms with van der Waals surface area (Å²) in [5.74, 6) is 2.49. The number of terminal acetylenes is 1. The van der Waals surface area contributed by atoms with Gasteiger partial charge in [-0.3, -0.25) is 4.79 Å². The fraction of sp³-hybridized carbons (Fsp3) is 0.357. The van der Waals surface area contributed by atoms with Crippen molar-refractivity contribution in [1.82, 2.24) is 5.32 Å². The summed E-state index contributed by atoms with van der Waals surface area (Å²) in [5, 5.41) is 2.85. The highest BCUT2D eigenvalue weighted by Crippen LogP contribution is 2.11. The lowest BCUT2D eigenvalue weighted by Crippen LogP contribution is -2.24. The topological polar surface area (TPSA) is 55.1 Å². The quantitative estimate of drug-likeness (QED) is 0.462. The molecule has 3 nitrogen and oxygen atoms in total. The average molecular weight is 230 g/mol. The Balaban J connectivity index is 2.44. The second-order valence-corrected chi connectivity index (χ2v) is 4.05. The highest BCUT2D eigenvalue weighted by Gasteiger charge is 2.05. The summed E-state index contributed by atoms with van der Waals surface area (Å²) in [6, 6.07) is 5.35. The first kappa shape index (κ1) is 13.1. The molecule has 0 heterocycles. The van der Waals surface area contributed by atoms with Crippen LogP contribution in [0.1, 0.15) is 35.2 Å². The number of benzene rings is 1. The Morgan fingerprint density at radius 3 is 2.82 bits per heavy atom. The lowest BCUT2D eigenvalue weighted by Gasteiger charge is -2.06. The minimum Gasteiger partial charge on any atom is -0.399 e. The second-order valence-electron chi connectivity index (χ2n) is 4.05. The third-order valence-corrected chi connectivity index (χ3v) is 2.40. The largest absolute Gasteiger partial charge is 0.399 e. The van der Waals surface area contributed by atoms with Crippen LogP contribution in [0, 0.1) is 19.3 Å². The van der Waals surface area contributed by atoms with Crippen LogP contribution in [0.2, 0.25) is 0 Å². The summed E-state index contributed by atoms with van der Waals surface area (Å²) in [4.78, 5) is 11.8. The molecule has 0 aliphatic carbocycles. The van der Waals surface area contributed by atoms with Crippen molar-refractivity contribution in [3.05, 3.63) is 29.3 Å². The maximum atomic E-state index is 11.8. The number of aryl methyl sites for hydroxylation is 1. The fourth-order valence-electron chi connectivity index (χ4n) is 1.60. The van der Waals surface area contributed by atoms with Crippen molar-refractivity contribution in [3.8, 4) is 12.3 Å². The average Bonchev–Trinajstić information content (AvgIpc) is 2.27. The molecule has 0 aliphatic heterocycles. The van der Waals surface area contributed by atoms with Gasteiger partial charge in [0.15, 0.2) is 0 Å². The third-order valence-electron chi connectivity index (χ3n) is 2.40. The number of hydrogen-bond acceptors (Lipinski definition) is 2. The number of nitrogen functional groups attached to an aromatic ring is 1. The van der Waals surface area contributed by atoms with Crippen LogP contribution >= 0.6 is 0 Å². The van der Waals surface area contributed by atoms with Crippen LogP contribution in [-0.2, 0) is 0 Å². The third kappa shape index (κ3) is 4.60. The van der Waals surface area contributed by atoms with Gasteiger partial charge in [-0.15, -0.1) is 12.3 Å². The first-order valence-electron chi connectivity index (χ1n) is 5.72. The SMILES string of the molecule is C#CCCCCNC(=O)c1cc(C)cc(N)c1. The number of rotatable bonds is 5. The number of carbonyl (C=O) groups is 1. The maximum absolute atomic E-state index is 11.8. The molecule has 0 radical (unpaired) electrons. The van der Waals surface area contributed by atoms with E-state index in [0.717, 1.165) is 24.8 Å². The molecule has 0 fully saturated rings. The van der Waals surface area contributed by atoms with E-state index in [0.29, 0.717) is 17.8 Å². The van der Waals surface area contributed by atoms with Gasteiger partial charge in [-0.05, 0) is 43.5 Å². The fourth-order valence-corrected chi connectivity index (χ4v) is 1.60. The number of nitrogens with two attached hydrogens (primary N) is 1. The Bertz CT molecular complexity index is 412. The normalized spacial score (nSPS) is 9.65. The van der Waals surface area contributed by atoms with Crippen LogP contribution < -0.4 is 11.1 Å². The van der Waals surface area contributed by atoms with Gasteiger partial charge in [0, 0.05) is 24.2 Å². The molecule has 1 aromatic carbocycles. The van der Waals surface area contributed by atoms with Gasteiger partial charge < -0.3 is 11.1 Å². The van der Waals surface area contributed by atoms with E-state index in [4.69, 9.17) is 12.2 Å². The Morgan fingerprint density at radius 1 is 1.41 bits per heavy atom. The standard InChI is InChI=1S/C14H18N2O/c1-3-4-5-6-7-16-14(17)12-8-11(2)9-13(15)10-12/h1,8-10H,4-7,15H2,2H3,(H,16,17).